The SMILES string of the molecule is CCC(=O)CC[C@@H]1CCCc2cc(S(=O)(=O)c3cccc(F)c3)ccc21. The third-order valence-electron chi connectivity index (χ3n) is 5.14. The van der Waals surface area contributed by atoms with E-state index in [-0.39, 0.29) is 15.6 Å². The summed E-state index contributed by atoms with van der Waals surface area (Å²) in [5.41, 5.74) is 2.18. The second kappa shape index (κ2) is 7.70. The summed E-state index contributed by atoms with van der Waals surface area (Å²) in [7, 11) is -3.74. The molecule has 0 unspecified atom stereocenters. The van der Waals surface area contributed by atoms with Gasteiger partial charge < -0.3 is 0 Å². The van der Waals surface area contributed by atoms with Gasteiger partial charge >= 0.3 is 0 Å². The number of carbonyl (C=O) groups excluding carboxylic acids is 1. The highest BCUT2D eigenvalue weighted by Crippen LogP contribution is 2.36. The molecule has 0 spiro atoms. The molecule has 0 heterocycles. The van der Waals surface area contributed by atoms with Crippen LogP contribution in [-0.2, 0) is 21.1 Å². The maximum absolute atomic E-state index is 13.4. The van der Waals surface area contributed by atoms with Crippen molar-refractivity contribution in [2.45, 2.75) is 61.2 Å². The number of aryl methyl sites for hydroxylation is 1. The van der Waals surface area contributed by atoms with E-state index in [1.54, 1.807) is 12.1 Å². The van der Waals surface area contributed by atoms with Gasteiger partial charge in [0, 0.05) is 12.8 Å². The smallest absolute Gasteiger partial charge is 0.206 e. The van der Waals surface area contributed by atoms with Crippen molar-refractivity contribution in [2.75, 3.05) is 0 Å². The van der Waals surface area contributed by atoms with Crippen LogP contribution in [0.15, 0.2) is 52.3 Å². The minimum atomic E-state index is -3.74. The molecule has 1 aliphatic rings. The van der Waals surface area contributed by atoms with Crippen LogP contribution in [0.3, 0.4) is 0 Å². The maximum Gasteiger partial charge on any atom is 0.206 e. The first-order chi connectivity index (χ1) is 12.4. The van der Waals surface area contributed by atoms with E-state index in [1.165, 1.54) is 18.2 Å². The molecule has 26 heavy (non-hydrogen) atoms. The van der Waals surface area contributed by atoms with Crippen LogP contribution in [-0.4, -0.2) is 14.2 Å². The highest BCUT2D eigenvalue weighted by atomic mass is 32.2. The van der Waals surface area contributed by atoms with Crippen LogP contribution in [0.5, 0.6) is 0 Å². The topological polar surface area (TPSA) is 51.2 Å². The number of ketones is 1. The molecule has 3 nitrogen and oxygen atoms in total. The zero-order chi connectivity index (χ0) is 18.7. The van der Waals surface area contributed by atoms with Gasteiger partial charge in [0.25, 0.3) is 0 Å². The van der Waals surface area contributed by atoms with Crippen LogP contribution in [0.2, 0.25) is 0 Å². The normalized spacial score (nSPS) is 16.9. The monoisotopic (exact) mass is 374 g/mol. The fourth-order valence-corrected chi connectivity index (χ4v) is 4.98. The summed E-state index contributed by atoms with van der Waals surface area (Å²) in [5.74, 6) is 0.00675. The standard InChI is InChI=1S/C21H23FO3S/c1-2-18(23)10-9-15-5-3-6-16-13-20(11-12-21(15)16)26(24,25)19-8-4-7-17(22)14-19/h4,7-8,11-15H,2-3,5-6,9-10H2,1H3/t15-/m0/s1. The average Bonchev–Trinajstić information content (AvgIpc) is 2.65. The van der Waals surface area contributed by atoms with Crippen molar-refractivity contribution in [3.63, 3.8) is 0 Å². The van der Waals surface area contributed by atoms with E-state index in [9.17, 15) is 17.6 Å². The van der Waals surface area contributed by atoms with Crippen molar-refractivity contribution in [3.05, 3.63) is 59.4 Å². The molecule has 0 bridgehead atoms. The molecule has 5 heteroatoms. The minimum absolute atomic E-state index is 0.0293. The van der Waals surface area contributed by atoms with Gasteiger partial charge in [0.1, 0.15) is 11.6 Å². The highest BCUT2D eigenvalue weighted by Gasteiger charge is 2.24. The lowest BCUT2D eigenvalue weighted by atomic mass is 9.80. The molecule has 0 N–H and O–H groups in total. The summed E-state index contributed by atoms with van der Waals surface area (Å²) in [6.45, 7) is 1.88. The number of fused-ring (bicyclic) bond motifs is 1. The summed E-state index contributed by atoms with van der Waals surface area (Å²) in [6.07, 6.45) is 4.80. The molecule has 0 aliphatic heterocycles. The lowest BCUT2D eigenvalue weighted by Gasteiger charge is -2.26. The summed E-state index contributed by atoms with van der Waals surface area (Å²) in [6, 6.07) is 10.3. The van der Waals surface area contributed by atoms with Gasteiger partial charge in [0.05, 0.1) is 9.79 Å². The molecule has 0 amide bonds. The van der Waals surface area contributed by atoms with Gasteiger partial charge in [-0.15, -0.1) is 0 Å². The Morgan fingerprint density at radius 3 is 2.65 bits per heavy atom. The number of halogens is 1. The van der Waals surface area contributed by atoms with Crippen molar-refractivity contribution in [2.24, 2.45) is 0 Å². The first-order valence-corrected chi connectivity index (χ1v) is 10.6. The van der Waals surface area contributed by atoms with Gasteiger partial charge in [-0.25, -0.2) is 12.8 Å². The second-order valence-corrected chi connectivity index (χ2v) is 8.79. The Bertz CT molecular complexity index is 919. The molecule has 2 aromatic rings. The van der Waals surface area contributed by atoms with E-state index in [1.807, 2.05) is 13.0 Å². The first-order valence-electron chi connectivity index (χ1n) is 9.07. The number of Topliss-reactive ketones (excluding diaryl/α,β-unsaturated/α-hetero) is 1. The second-order valence-electron chi connectivity index (χ2n) is 6.84. The molecule has 3 rings (SSSR count). The molecule has 1 aliphatic carbocycles. The average molecular weight is 374 g/mol. The molecule has 0 saturated carbocycles. The van der Waals surface area contributed by atoms with Crippen LogP contribution in [0.25, 0.3) is 0 Å². The van der Waals surface area contributed by atoms with E-state index in [2.05, 4.69) is 0 Å². The van der Waals surface area contributed by atoms with Crippen molar-refractivity contribution in [3.8, 4) is 0 Å². The van der Waals surface area contributed by atoms with Crippen molar-refractivity contribution >= 4 is 15.6 Å². The quantitative estimate of drug-likeness (QED) is 0.727. The molecular weight excluding hydrogens is 351 g/mol. The zero-order valence-corrected chi connectivity index (χ0v) is 15.7. The number of hydrogen-bond acceptors (Lipinski definition) is 3. The maximum atomic E-state index is 13.4. The molecular formula is C21H23FO3S. The number of sulfone groups is 1. The molecule has 0 aromatic heterocycles. The van der Waals surface area contributed by atoms with E-state index < -0.39 is 15.7 Å². The van der Waals surface area contributed by atoms with Gasteiger partial charge in [-0.2, -0.15) is 0 Å². The van der Waals surface area contributed by atoms with Crippen LogP contribution < -0.4 is 0 Å². The van der Waals surface area contributed by atoms with Crippen LogP contribution in [0, 0.1) is 5.82 Å². The van der Waals surface area contributed by atoms with Crippen LogP contribution in [0.1, 0.15) is 56.1 Å². The largest absolute Gasteiger partial charge is 0.300 e. The first kappa shape index (κ1) is 18.8. The minimum Gasteiger partial charge on any atom is -0.300 e. The van der Waals surface area contributed by atoms with E-state index in [0.717, 1.165) is 42.9 Å². The number of carbonyl (C=O) groups is 1. The molecule has 0 radical (unpaired) electrons. The predicted molar refractivity (Wildman–Crippen MR) is 98.5 cm³/mol. The van der Waals surface area contributed by atoms with E-state index in [0.29, 0.717) is 18.8 Å². The van der Waals surface area contributed by atoms with Gasteiger partial charge in [0.2, 0.25) is 9.84 Å². The summed E-state index contributed by atoms with van der Waals surface area (Å²) < 4.78 is 39.0. The molecule has 1 atom stereocenters. The fourth-order valence-electron chi connectivity index (χ4n) is 3.64. The van der Waals surface area contributed by atoms with Crippen molar-refractivity contribution < 1.29 is 17.6 Å². The van der Waals surface area contributed by atoms with Crippen molar-refractivity contribution in [1.82, 2.24) is 0 Å². The summed E-state index contributed by atoms with van der Waals surface area (Å²) in [5, 5.41) is 0. The van der Waals surface area contributed by atoms with Crippen LogP contribution in [0.4, 0.5) is 4.39 Å². The van der Waals surface area contributed by atoms with Crippen LogP contribution >= 0.6 is 0 Å². The Labute approximate surface area is 154 Å². The number of hydrogen-bond donors (Lipinski definition) is 0. The number of benzene rings is 2. The van der Waals surface area contributed by atoms with Gasteiger partial charge in [-0.1, -0.05) is 19.1 Å². The molecule has 0 saturated heterocycles. The summed E-state index contributed by atoms with van der Waals surface area (Å²) in [4.78, 5) is 11.8. The van der Waals surface area contributed by atoms with E-state index >= 15 is 0 Å². The zero-order valence-electron chi connectivity index (χ0n) is 14.9. The van der Waals surface area contributed by atoms with Gasteiger partial charge in [-0.05, 0) is 73.1 Å². The van der Waals surface area contributed by atoms with Gasteiger partial charge in [-0.3, -0.25) is 4.79 Å². The Hall–Kier alpha value is -2.01. The molecule has 2 aromatic carbocycles. The Balaban J connectivity index is 1.90. The number of rotatable bonds is 6. The Kier molecular flexibility index (Phi) is 5.56. The molecule has 138 valence electrons. The Morgan fingerprint density at radius 1 is 1.15 bits per heavy atom. The lowest BCUT2D eigenvalue weighted by molar-refractivity contribution is -0.118. The highest BCUT2D eigenvalue weighted by molar-refractivity contribution is 7.91. The van der Waals surface area contributed by atoms with E-state index in [4.69, 9.17) is 0 Å². The summed E-state index contributed by atoms with van der Waals surface area (Å²) >= 11 is 0. The Morgan fingerprint density at radius 2 is 1.92 bits per heavy atom. The lowest BCUT2D eigenvalue weighted by Crippen LogP contribution is -2.13. The van der Waals surface area contributed by atoms with Crippen molar-refractivity contribution in [1.29, 1.82) is 0 Å². The third-order valence-corrected chi connectivity index (χ3v) is 6.88. The predicted octanol–water partition coefficient (Wildman–Crippen LogP) is 4.84. The van der Waals surface area contributed by atoms with Gasteiger partial charge in [0.15, 0.2) is 0 Å². The fraction of sp³-hybridized carbons (Fsp3) is 0.381. The molecule has 0 fully saturated rings. The third kappa shape index (κ3) is 3.88.